The number of carbonyl (C=O) groups is 1. The second-order valence-corrected chi connectivity index (χ2v) is 3.23. The van der Waals surface area contributed by atoms with Crippen LogP contribution >= 0.6 is 11.6 Å². The average Bonchev–Trinajstić information content (AvgIpc) is 2.74. The molecule has 76 valence electrons. The summed E-state index contributed by atoms with van der Waals surface area (Å²) < 4.78 is 4.56. The van der Waals surface area contributed by atoms with Crippen LogP contribution < -0.4 is 5.32 Å². The quantitative estimate of drug-likeness (QED) is 0.850. The first kappa shape index (κ1) is 9.73. The van der Waals surface area contributed by atoms with Crippen LogP contribution in [0.3, 0.4) is 0 Å². The van der Waals surface area contributed by atoms with Gasteiger partial charge >= 0.3 is 0 Å². The number of carbonyl (C=O) groups excluding carboxylic acids is 1. The summed E-state index contributed by atoms with van der Waals surface area (Å²) in [6.45, 7) is 0. The lowest BCUT2D eigenvalue weighted by Gasteiger charge is -2.03. The molecule has 0 atom stereocenters. The van der Waals surface area contributed by atoms with Crippen molar-refractivity contribution in [2.24, 2.45) is 0 Å². The predicted molar refractivity (Wildman–Crippen MR) is 55.9 cm³/mol. The molecule has 1 aromatic heterocycles. The van der Waals surface area contributed by atoms with Gasteiger partial charge in [0.15, 0.2) is 5.69 Å². The van der Waals surface area contributed by atoms with Crippen molar-refractivity contribution >= 4 is 23.2 Å². The number of amides is 1. The summed E-state index contributed by atoms with van der Waals surface area (Å²) >= 11 is 5.87. The fourth-order valence-corrected chi connectivity index (χ4v) is 1.26. The fourth-order valence-electron chi connectivity index (χ4n) is 1.08. The first-order valence-corrected chi connectivity index (χ1v) is 4.61. The van der Waals surface area contributed by atoms with Crippen LogP contribution in [0.25, 0.3) is 0 Å². The van der Waals surface area contributed by atoms with Crippen LogP contribution in [0.2, 0.25) is 5.02 Å². The molecule has 0 bridgehead atoms. The molecule has 0 aliphatic heterocycles. The van der Waals surface area contributed by atoms with Crippen LogP contribution in [-0.4, -0.2) is 11.1 Å². The van der Waals surface area contributed by atoms with E-state index in [1.165, 1.54) is 12.3 Å². The number of hydrogen-bond acceptors (Lipinski definition) is 3. The van der Waals surface area contributed by atoms with Gasteiger partial charge in [0, 0.05) is 6.07 Å². The number of aromatic nitrogens is 1. The van der Waals surface area contributed by atoms with E-state index in [1.807, 2.05) is 0 Å². The van der Waals surface area contributed by atoms with E-state index in [1.54, 1.807) is 24.3 Å². The molecule has 0 radical (unpaired) electrons. The fraction of sp³-hybridized carbons (Fsp3) is 0. The third-order valence-corrected chi connectivity index (χ3v) is 2.12. The molecule has 4 nitrogen and oxygen atoms in total. The third kappa shape index (κ3) is 2.16. The maximum atomic E-state index is 11.5. The summed E-state index contributed by atoms with van der Waals surface area (Å²) in [5.74, 6) is -0.350. The zero-order valence-electron chi connectivity index (χ0n) is 7.61. The van der Waals surface area contributed by atoms with Crippen LogP contribution in [-0.2, 0) is 0 Å². The monoisotopic (exact) mass is 222 g/mol. The van der Waals surface area contributed by atoms with Gasteiger partial charge in [-0.25, -0.2) is 0 Å². The number of benzene rings is 1. The Morgan fingerprint density at radius 2 is 2.13 bits per heavy atom. The van der Waals surface area contributed by atoms with Gasteiger partial charge in [-0.15, -0.1) is 0 Å². The molecule has 1 heterocycles. The number of anilines is 1. The molecule has 2 aromatic rings. The summed E-state index contributed by atoms with van der Waals surface area (Å²) in [6, 6.07) is 8.45. The molecule has 1 N–H and O–H groups in total. The Morgan fingerprint density at radius 3 is 2.80 bits per heavy atom. The summed E-state index contributed by atoms with van der Waals surface area (Å²) in [7, 11) is 0. The lowest BCUT2D eigenvalue weighted by Crippen LogP contribution is -2.12. The summed E-state index contributed by atoms with van der Waals surface area (Å²) in [5, 5.41) is 6.61. The van der Waals surface area contributed by atoms with Gasteiger partial charge in [-0.3, -0.25) is 4.79 Å². The standard InChI is InChI=1S/C10H7ClN2O2/c11-7-3-1-2-4-8(7)12-10(14)9-5-6-15-13-9/h1-6H,(H,12,14). The molecule has 0 saturated heterocycles. The molecule has 2 rings (SSSR count). The minimum absolute atomic E-state index is 0.218. The zero-order valence-corrected chi connectivity index (χ0v) is 8.36. The van der Waals surface area contributed by atoms with E-state index >= 15 is 0 Å². The molecular formula is C10H7ClN2O2. The summed E-state index contributed by atoms with van der Waals surface area (Å²) in [6.07, 6.45) is 1.33. The van der Waals surface area contributed by atoms with Gasteiger partial charge in [-0.05, 0) is 12.1 Å². The van der Waals surface area contributed by atoms with Crippen molar-refractivity contribution in [3.05, 3.63) is 47.3 Å². The van der Waals surface area contributed by atoms with Gasteiger partial charge in [0.25, 0.3) is 5.91 Å². The van der Waals surface area contributed by atoms with Crippen molar-refractivity contribution in [2.45, 2.75) is 0 Å². The first-order chi connectivity index (χ1) is 7.27. The maximum Gasteiger partial charge on any atom is 0.277 e. The van der Waals surface area contributed by atoms with Crippen LogP contribution in [0.15, 0.2) is 41.1 Å². The van der Waals surface area contributed by atoms with Gasteiger partial charge in [-0.2, -0.15) is 0 Å². The lowest BCUT2D eigenvalue weighted by atomic mass is 10.3. The predicted octanol–water partition coefficient (Wildman–Crippen LogP) is 2.58. The van der Waals surface area contributed by atoms with Crippen molar-refractivity contribution < 1.29 is 9.32 Å². The van der Waals surface area contributed by atoms with Crippen molar-refractivity contribution in [3.8, 4) is 0 Å². The van der Waals surface area contributed by atoms with Crippen LogP contribution in [0.4, 0.5) is 5.69 Å². The highest BCUT2D eigenvalue weighted by Crippen LogP contribution is 2.20. The van der Waals surface area contributed by atoms with Crippen molar-refractivity contribution in [3.63, 3.8) is 0 Å². The SMILES string of the molecule is O=C(Nc1ccccc1Cl)c1ccon1. The Bertz CT molecular complexity index is 468. The average molecular weight is 223 g/mol. The van der Waals surface area contributed by atoms with Gasteiger partial charge in [-0.1, -0.05) is 28.9 Å². The Labute approximate surface area is 90.8 Å². The Balaban J connectivity index is 2.17. The molecule has 0 unspecified atom stereocenters. The first-order valence-electron chi connectivity index (χ1n) is 4.23. The highest BCUT2D eigenvalue weighted by molar-refractivity contribution is 6.33. The molecule has 0 aliphatic rings. The largest absolute Gasteiger partial charge is 0.364 e. The molecule has 5 heteroatoms. The Kier molecular flexibility index (Phi) is 2.69. The van der Waals surface area contributed by atoms with E-state index in [0.29, 0.717) is 10.7 Å². The zero-order chi connectivity index (χ0) is 10.7. The van der Waals surface area contributed by atoms with Crippen molar-refractivity contribution in [2.75, 3.05) is 5.32 Å². The van der Waals surface area contributed by atoms with E-state index in [4.69, 9.17) is 11.6 Å². The molecule has 1 amide bonds. The number of nitrogens with zero attached hydrogens (tertiary/aromatic N) is 1. The van der Waals surface area contributed by atoms with Gasteiger partial charge in [0.1, 0.15) is 6.26 Å². The third-order valence-electron chi connectivity index (χ3n) is 1.79. The molecule has 1 aromatic carbocycles. The second kappa shape index (κ2) is 4.14. The summed E-state index contributed by atoms with van der Waals surface area (Å²) in [5.41, 5.74) is 0.766. The molecular weight excluding hydrogens is 216 g/mol. The highest BCUT2D eigenvalue weighted by Gasteiger charge is 2.10. The van der Waals surface area contributed by atoms with Crippen molar-refractivity contribution in [1.29, 1.82) is 0 Å². The second-order valence-electron chi connectivity index (χ2n) is 2.82. The van der Waals surface area contributed by atoms with E-state index in [0.717, 1.165) is 0 Å². The number of nitrogens with one attached hydrogen (secondary N) is 1. The molecule has 0 saturated carbocycles. The van der Waals surface area contributed by atoms with E-state index < -0.39 is 0 Å². The Hall–Kier alpha value is -1.81. The number of rotatable bonds is 2. The highest BCUT2D eigenvalue weighted by atomic mass is 35.5. The van der Waals surface area contributed by atoms with Crippen LogP contribution in [0, 0.1) is 0 Å². The van der Waals surface area contributed by atoms with E-state index in [-0.39, 0.29) is 11.6 Å². The minimum Gasteiger partial charge on any atom is -0.364 e. The number of hydrogen-bond donors (Lipinski definition) is 1. The molecule has 15 heavy (non-hydrogen) atoms. The maximum absolute atomic E-state index is 11.5. The molecule has 0 spiro atoms. The number of halogens is 1. The van der Waals surface area contributed by atoms with Crippen molar-refractivity contribution in [1.82, 2.24) is 5.16 Å². The van der Waals surface area contributed by atoms with Gasteiger partial charge in [0.05, 0.1) is 10.7 Å². The minimum atomic E-state index is -0.350. The van der Waals surface area contributed by atoms with E-state index in [9.17, 15) is 4.79 Å². The topological polar surface area (TPSA) is 55.1 Å². The smallest absolute Gasteiger partial charge is 0.277 e. The normalized spacial score (nSPS) is 9.93. The van der Waals surface area contributed by atoms with Gasteiger partial charge < -0.3 is 9.84 Å². The van der Waals surface area contributed by atoms with Crippen LogP contribution in [0.5, 0.6) is 0 Å². The molecule has 0 aliphatic carbocycles. The number of para-hydroxylation sites is 1. The van der Waals surface area contributed by atoms with E-state index in [2.05, 4.69) is 15.0 Å². The van der Waals surface area contributed by atoms with Gasteiger partial charge in [0.2, 0.25) is 0 Å². The summed E-state index contributed by atoms with van der Waals surface area (Å²) in [4.78, 5) is 11.5. The lowest BCUT2D eigenvalue weighted by molar-refractivity contribution is 0.101. The van der Waals surface area contributed by atoms with Crippen LogP contribution in [0.1, 0.15) is 10.5 Å². The Morgan fingerprint density at radius 1 is 1.33 bits per heavy atom. The molecule has 0 fully saturated rings.